The summed E-state index contributed by atoms with van der Waals surface area (Å²) in [5, 5.41) is 0. The Balaban J connectivity index is 3.67. The van der Waals surface area contributed by atoms with E-state index < -0.39 is 0 Å². The fourth-order valence-corrected chi connectivity index (χ4v) is 1.03. The van der Waals surface area contributed by atoms with Crippen molar-refractivity contribution in [2.75, 3.05) is 0 Å². The van der Waals surface area contributed by atoms with Crippen LogP contribution in [-0.4, -0.2) is 0 Å². The SMILES string of the molecule is C=CCC(C)CC=CC(C)(C)C. The summed E-state index contributed by atoms with van der Waals surface area (Å²) in [5.41, 5.74) is 0.327. The Morgan fingerprint density at radius 2 is 1.83 bits per heavy atom. The zero-order valence-electron chi connectivity index (χ0n) is 8.93. The molecule has 0 aliphatic rings. The minimum atomic E-state index is 0.327. The summed E-state index contributed by atoms with van der Waals surface area (Å²) >= 11 is 0. The summed E-state index contributed by atoms with van der Waals surface area (Å²) in [7, 11) is 0. The Morgan fingerprint density at radius 1 is 1.25 bits per heavy atom. The van der Waals surface area contributed by atoms with Crippen LogP contribution < -0.4 is 0 Å². The van der Waals surface area contributed by atoms with E-state index in [2.05, 4.69) is 46.4 Å². The minimum Gasteiger partial charge on any atom is -0.103 e. The van der Waals surface area contributed by atoms with E-state index in [1.807, 2.05) is 6.08 Å². The molecule has 0 radical (unpaired) electrons. The van der Waals surface area contributed by atoms with Crippen LogP contribution in [0.4, 0.5) is 0 Å². The van der Waals surface area contributed by atoms with Gasteiger partial charge in [0.05, 0.1) is 0 Å². The van der Waals surface area contributed by atoms with Gasteiger partial charge in [0.1, 0.15) is 0 Å². The standard InChI is InChI=1S/C12H22/c1-6-8-11(2)9-7-10-12(3,4)5/h6-7,10-11H,1,8-9H2,2-5H3. The first kappa shape index (κ1) is 11.5. The first-order chi connectivity index (χ1) is 5.45. The van der Waals surface area contributed by atoms with Crippen LogP contribution in [0.15, 0.2) is 24.8 Å². The maximum Gasteiger partial charge on any atom is -0.0203 e. The molecule has 0 N–H and O–H groups in total. The normalized spacial score (nSPS) is 15.0. The Kier molecular flexibility index (Phi) is 4.96. The minimum absolute atomic E-state index is 0.327. The Bertz CT molecular complexity index is 146. The summed E-state index contributed by atoms with van der Waals surface area (Å²) in [5.74, 6) is 0.737. The molecule has 0 nitrogen and oxygen atoms in total. The Labute approximate surface area is 77.4 Å². The third kappa shape index (κ3) is 7.59. The summed E-state index contributed by atoms with van der Waals surface area (Å²) in [6, 6.07) is 0. The van der Waals surface area contributed by atoms with Crippen LogP contribution in [0.5, 0.6) is 0 Å². The maximum atomic E-state index is 3.73. The zero-order chi connectivity index (χ0) is 9.61. The third-order valence-electron chi connectivity index (χ3n) is 1.73. The van der Waals surface area contributed by atoms with Gasteiger partial charge in [-0.05, 0) is 24.2 Å². The van der Waals surface area contributed by atoms with E-state index in [0.29, 0.717) is 5.41 Å². The van der Waals surface area contributed by atoms with Crippen molar-refractivity contribution in [2.45, 2.75) is 40.5 Å². The second-order valence-corrected chi connectivity index (χ2v) is 4.63. The molecule has 0 heteroatoms. The van der Waals surface area contributed by atoms with Crippen molar-refractivity contribution >= 4 is 0 Å². The number of rotatable bonds is 4. The second-order valence-electron chi connectivity index (χ2n) is 4.63. The predicted octanol–water partition coefficient (Wildman–Crippen LogP) is 4.19. The van der Waals surface area contributed by atoms with Gasteiger partial charge in [0.2, 0.25) is 0 Å². The van der Waals surface area contributed by atoms with Crippen molar-refractivity contribution in [3.05, 3.63) is 24.8 Å². The second kappa shape index (κ2) is 5.18. The molecule has 0 aliphatic heterocycles. The molecule has 0 saturated carbocycles. The molecule has 1 atom stereocenters. The van der Waals surface area contributed by atoms with Crippen molar-refractivity contribution in [1.82, 2.24) is 0 Å². The molecule has 70 valence electrons. The molecule has 0 fully saturated rings. The van der Waals surface area contributed by atoms with E-state index in [1.54, 1.807) is 0 Å². The lowest BCUT2D eigenvalue weighted by molar-refractivity contribution is 0.534. The molecule has 0 saturated heterocycles. The maximum absolute atomic E-state index is 3.73. The number of hydrogen-bond acceptors (Lipinski definition) is 0. The van der Waals surface area contributed by atoms with E-state index in [0.717, 1.165) is 12.3 Å². The Morgan fingerprint density at radius 3 is 2.25 bits per heavy atom. The number of allylic oxidation sites excluding steroid dienone is 3. The van der Waals surface area contributed by atoms with Gasteiger partial charge in [-0.3, -0.25) is 0 Å². The highest BCUT2D eigenvalue weighted by Crippen LogP contribution is 2.16. The fourth-order valence-electron chi connectivity index (χ4n) is 1.03. The van der Waals surface area contributed by atoms with E-state index in [-0.39, 0.29) is 0 Å². The summed E-state index contributed by atoms with van der Waals surface area (Å²) < 4.78 is 0. The molecule has 0 spiro atoms. The van der Waals surface area contributed by atoms with E-state index >= 15 is 0 Å². The van der Waals surface area contributed by atoms with Gasteiger partial charge in [-0.15, -0.1) is 6.58 Å². The quantitative estimate of drug-likeness (QED) is 0.549. The topological polar surface area (TPSA) is 0 Å². The molecule has 0 aliphatic carbocycles. The lowest BCUT2D eigenvalue weighted by Crippen LogP contribution is -1.99. The summed E-state index contributed by atoms with van der Waals surface area (Å²) in [6.45, 7) is 12.7. The molecule has 0 aromatic rings. The first-order valence-corrected chi connectivity index (χ1v) is 4.74. The van der Waals surface area contributed by atoms with Crippen LogP contribution in [0.25, 0.3) is 0 Å². The highest BCUT2D eigenvalue weighted by Gasteiger charge is 2.03. The average molecular weight is 166 g/mol. The van der Waals surface area contributed by atoms with Gasteiger partial charge in [0.25, 0.3) is 0 Å². The van der Waals surface area contributed by atoms with E-state index in [4.69, 9.17) is 0 Å². The highest BCUT2D eigenvalue weighted by molar-refractivity contribution is 4.93. The summed E-state index contributed by atoms with van der Waals surface area (Å²) in [4.78, 5) is 0. The van der Waals surface area contributed by atoms with Gasteiger partial charge in [-0.25, -0.2) is 0 Å². The monoisotopic (exact) mass is 166 g/mol. The van der Waals surface area contributed by atoms with E-state index in [1.165, 1.54) is 6.42 Å². The molecule has 12 heavy (non-hydrogen) atoms. The van der Waals surface area contributed by atoms with Gasteiger partial charge in [-0.2, -0.15) is 0 Å². The molecule has 0 bridgehead atoms. The van der Waals surface area contributed by atoms with Crippen LogP contribution in [0.1, 0.15) is 40.5 Å². The van der Waals surface area contributed by atoms with E-state index in [9.17, 15) is 0 Å². The third-order valence-corrected chi connectivity index (χ3v) is 1.73. The molecule has 0 rings (SSSR count). The van der Waals surface area contributed by atoms with Crippen molar-refractivity contribution in [3.63, 3.8) is 0 Å². The molecule has 0 heterocycles. The van der Waals surface area contributed by atoms with Crippen molar-refractivity contribution < 1.29 is 0 Å². The van der Waals surface area contributed by atoms with Gasteiger partial charge >= 0.3 is 0 Å². The first-order valence-electron chi connectivity index (χ1n) is 4.74. The van der Waals surface area contributed by atoms with Crippen LogP contribution in [0.2, 0.25) is 0 Å². The largest absolute Gasteiger partial charge is 0.103 e. The van der Waals surface area contributed by atoms with Gasteiger partial charge in [-0.1, -0.05) is 45.9 Å². The van der Waals surface area contributed by atoms with Gasteiger partial charge in [0, 0.05) is 0 Å². The fraction of sp³-hybridized carbons (Fsp3) is 0.667. The lowest BCUT2D eigenvalue weighted by atomic mass is 9.94. The molecule has 0 aromatic carbocycles. The molecule has 1 unspecified atom stereocenters. The van der Waals surface area contributed by atoms with Crippen LogP contribution >= 0.6 is 0 Å². The average Bonchev–Trinajstić information content (AvgIpc) is 1.84. The van der Waals surface area contributed by atoms with Crippen LogP contribution in [0, 0.1) is 11.3 Å². The van der Waals surface area contributed by atoms with Crippen molar-refractivity contribution in [1.29, 1.82) is 0 Å². The van der Waals surface area contributed by atoms with Gasteiger partial charge in [0.15, 0.2) is 0 Å². The lowest BCUT2D eigenvalue weighted by Gasteiger charge is -2.12. The molecular formula is C12H22. The van der Waals surface area contributed by atoms with Crippen molar-refractivity contribution in [2.24, 2.45) is 11.3 Å². The molecule has 0 aromatic heterocycles. The molecular weight excluding hydrogens is 144 g/mol. The Hall–Kier alpha value is -0.520. The van der Waals surface area contributed by atoms with Crippen molar-refractivity contribution in [3.8, 4) is 0 Å². The highest BCUT2D eigenvalue weighted by atomic mass is 14.1. The molecule has 0 amide bonds. The van der Waals surface area contributed by atoms with Gasteiger partial charge < -0.3 is 0 Å². The predicted molar refractivity (Wildman–Crippen MR) is 57.2 cm³/mol. The number of hydrogen-bond donors (Lipinski definition) is 0. The van der Waals surface area contributed by atoms with Crippen LogP contribution in [-0.2, 0) is 0 Å². The summed E-state index contributed by atoms with van der Waals surface area (Å²) in [6.07, 6.45) is 8.86. The smallest absolute Gasteiger partial charge is 0.0203 e. The van der Waals surface area contributed by atoms with Crippen LogP contribution in [0.3, 0.4) is 0 Å². The zero-order valence-corrected chi connectivity index (χ0v) is 8.93.